The van der Waals surface area contributed by atoms with E-state index in [1.807, 2.05) is 18.0 Å². The van der Waals surface area contributed by atoms with Crippen LogP contribution in [0.3, 0.4) is 0 Å². The van der Waals surface area contributed by atoms with Gasteiger partial charge in [-0.1, -0.05) is 41.9 Å². The Bertz CT molecular complexity index is 1340. The van der Waals surface area contributed by atoms with Crippen molar-refractivity contribution >= 4 is 40.4 Å². The van der Waals surface area contributed by atoms with Gasteiger partial charge in [0.15, 0.2) is 0 Å². The van der Waals surface area contributed by atoms with Crippen molar-refractivity contribution in [2.45, 2.75) is 6.04 Å². The highest BCUT2D eigenvalue weighted by Gasteiger charge is 2.47. The summed E-state index contributed by atoms with van der Waals surface area (Å²) in [5, 5.41) is 11.1. The van der Waals surface area contributed by atoms with E-state index < -0.39 is 23.5 Å². The number of halogens is 2. The number of ether oxygens (including phenoxy) is 1. The van der Waals surface area contributed by atoms with Gasteiger partial charge in [0, 0.05) is 18.3 Å². The summed E-state index contributed by atoms with van der Waals surface area (Å²) in [6, 6.07) is 16.9. The van der Waals surface area contributed by atoms with E-state index in [9.17, 15) is 19.1 Å². The molecule has 0 bridgehead atoms. The number of anilines is 2. The molecule has 172 valence electrons. The molecule has 2 heterocycles. The number of Topliss-reactive ketones (excluding diaryl/α,β-unsaturated/α-hetero) is 1. The quantitative estimate of drug-likeness (QED) is 0.328. The van der Waals surface area contributed by atoms with E-state index >= 15 is 0 Å². The van der Waals surface area contributed by atoms with Gasteiger partial charge in [-0.15, -0.1) is 0 Å². The first-order valence-corrected chi connectivity index (χ1v) is 11.0. The van der Waals surface area contributed by atoms with Crippen molar-refractivity contribution in [1.29, 1.82) is 0 Å². The Morgan fingerprint density at radius 1 is 1.09 bits per heavy atom. The molecule has 1 N–H and O–H groups in total. The number of aliphatic hydroxyl groups is 1. The molecular weight excluding hydrogens is 459 g/mol. The number of aliphatic hydroxyl groups excluding tert-OH is 1. The van der Waals surface area contributed by atoms with Crippen molar-refractivity contribution in [2.75, 3.05) is 30.0 Å². The van der Waals surface area contributed by atoms with Crippen molar-refractivity contribution < 1.29 is 23.8 Å². The summed E-state index contributed by atoms with van der Waals surface area (Å²) in [7, 11) is 1.91. The normalized spacial score (nSPS) is 19.2. The largest absolute Gasteiger partial charge is 0.507 e. The standard InChI is InChI=1S/C26H20ClFN2O4/c1-29-11-12-34-21-10-7-16(13-20(21)29)24(31)22-23(15-5-3-2-4-6-15)30(26(33)25(22)32)17-8-9-19(28)18(27)14-17/h2-10,13-14,23,31H,11-12H2,1H3/b24-22-. The smallest absolute Gasteiger partial charge is 0.300 e. The number of hydrogen-bond acceptors (Lipinski definition) is 5. The van der Waals surface area contributed by atoms with Crippen LogP contribution in [0, 0.1) is 5.82 Å². The summed E-state index contributed by atoms with van der Waals surface area (Å²) >= 11 is 5.97. The molecule has 1 saturated heterocycles. The maximum absolute atomic E-state index is 13.8. The van der Waals surface area contributed by atoms with Crippen molar-refractivity contribution in [1.82, 2.24) is 0 Å². The van der Waals surface area contributed by atoms with Crippen LogP contribution in [-0.2, 0) is 9.59 Å². The molecule has 8 heteroatoms. The van der Waals surface area contributed by atoms with Crippen LogP contribution in [0.5, 0.6) is 5.75 Å². The number of amides is 1. The van der Waals surface area contributed by atoms with Gasteiger partial charge in [-0.25, -0.2) is 4.39 Å². The molecule has 0 aromatic heterocycles. The number of carbonyl (C=O) groups is 2. The first kappa shape index (κ1) is 22.0. The molecule has 6 nitrogen and oxygen atoms in total. The third kappa shape index (κ3) is 3.58. The van der Waals surface area contributed by atoms with Gasteiger partial charge >= 0.3 is 0 Å². The van der Waals surface area contributed by atoms with Gasteiger partial charge < -0.3 is 14.7 Å². The number of ketones is 1. The third-order valence-electron chi connectivity index (χ3n) is 6.07. The molecule has 1 unspecified atom stereocenters. The fourth-order valence-electron chi connectivity index (χ4n) is 4.34. The van der Waals surface area contributed by atoms with Crippen molar-refractivity contribution in [2.24, 2.45) is 0 Å². The minimum absolute atomic E-state index is 0.0593. The van der Waals surface area contributed by atoms with E-state index in [0.29, 0.717) is 30.0 Å². The maximum atomic E-state index is 13.8. The van der Waals surface area contributed by atoms with Crippen LogP contribution in [0.2, 0.25) is 5.02 Å². The summed E-state index contributed by atoms with van der Waals surface area (Å²) in [5.74, 6) is -1.94. The van der Waals surface area contributed by atoms with Crippen LogP contribution in [-0.4, -0.2) is 37.0 Å². The van der Waals surface area contributed by atoms with Gasteiger partial charge in [-0.3, -0.25) is 14.5 Å². The number of benzene rings is 3. The van der Waals surface area contributed by atoms with E-state index in [0.717, 1.165) is 11.8 Å². The number of rotatable bonds is 3. The predicted octanol–water partition coefficient (Wildman–Crippen LogP) is 4.93. The second-order valence-electron chi connectivity index (χ2n) is 8.13. The summed E-state index contributed by atoms with van der Waals surface area (Å²) in [6.45, 7) is 1.23. The topological polar surface area (TPSA) is 70.1 Å². The molecule has 0 spiro atoms. The lowest BCUT2D eigenvalue weighted by atomic mass is 9.95. The van der Waals surface area contributed by atoms with Gasteiger partial charge in [0.1, 0.15) is 23.9 Å². The SMILES string of the molecule is CN1CCOc2ccc(/C(O)=C3/C(=O)C(=O)N(c4ccc(F)c(Cl)c4)C3c3ccccc3)cc21. The van der Waals surface area contributed by atoms with Crippen LogP contribution in [0.1, 0.15) is 17.2 Å². The zero-order valence-corrected chi connectivity index (χ0v) is 18.9. The molecule has 1 amide bonds. The van der Waals surface area contributed by atoms with Crippen molar-refractivity contribution in [3.05, 3.63) is 94.3 Å². The molecule has 1 atom stereocenters. The molecule has 34 heavy (non-hydrogen) atoms. The number of likely N-dealkylation sites (N-methyl/N-ethyl adjacent to an activating group) is 1. The Balaban J connectivity index is 1.69. The lowest BCUT2D eigenvalue weighted by molar-refractivity contribution is -0.132. The predicted molar refractivity (Wildman–Crippen MR) is 128 cm³/mol. The van der Waals surface area contributed by atoms with Crippen molar-refractivity contribution in [3.8, 4) is 5.75 Å². The van der Waals surface area contributed by atoms with E-state index in [2.05, 4.69) is 0 Å². The number of carbonyl (C=O) groups excluding carboxylic acids is 2. The summed E-state index contributed by atoms with van der Waals surface area (Å²) in [5.41, 5.74) is 1.95. The van der Waals surface area contributed by atoms with E-state index in [1.165, 1.54) is 17.0 Å². The monoisotopic (exact) mass is 478 g/mol. The van der Waals surface area contributed by atoms with Crippen LogP contribution in [0.25, 0.3) is 5.76 Å². The Hall–Kier alpha value is -3.84. The van der Waals surface area contributed by atoms with Gasteiger partial charge in [-0.05, 0) is 42.0 Å². The summed E-state index contributed by atoms with van der Waals surface area (Å²) in [4.78, 5) is 29.7. The zero-order valence-electron chi connectivity index (χ0n) is 18.2. The van der Waals surface area contributed by atoms with Gasteiger partial charge in [0.05, 0.1) is 28.9 Å². The molecule has 2 aliphatic rings. The number of fused-ring (bicyclic) bond motifs is 1. The zero-order chi connectivity index (χ0) is 24.0. The van der Waals surface area contributed by atoms with E-state index in [-0.39, 0.29) is 22.0 Å². The molecule has 1 fully saturated rings. The first-order valence-electron chi connectivity index (χ1n) is 10.7. The molecule has 5 rings (SSSR count). The third-order valence-corrected chi connectivity index (χ3v) is 6.36. The maximum Gasteiger partial charge on any atom is 0.300 e. The van der Waals surface area contributed by atoms with Crippen LogP contribution >= 0.6 is 11.6 Å². The highest BCUT2D eigenvalue weighted by atomic mass is 35.5. The minimum atomic E-state index is -0.923. The summed E-state index contributed by atoms with van der Waals surface area (Å²) in [6.07, 6.45) is 0. The second kappa shape index (κ2) is 8.50. The van der Waals surface area contributed by atoms with Gasteiger partial charge in [0.25, 0.3) is 11.7 Å². The highest BCUT2D eigenvalue weighted by molar-refractivity contribution is 6.51. The van der Waals surface area contributed by atoms with Crippen LogP contribution in [0.15, 0.2) is 72.3 Å². The molecule has 0 aliphatic carbocycles. The Labute approximate surface area is 200 Å². The van der Waals surface area contributed by atoms with E-state index in [4.69, 9.17) is 16.3 Å². The molecule has 0 saturated carbocycles. The lowest BCUT2D eigenvalue weighted by Crippen LogP contribution is -2.29. The lowest BCUT2D eigenvalue weighted by Gasteiger charge is -2.28. The fourth-order valence-corrected chi connectivity index (χ4v) is 4.51. The Morgan fingerprint density at radius 3 is 2.59 bits per heavy atom. The average Bonchev–Trinajstić information content (AvgIpc) is 3.11. The highest BCUT2D eigenvalue weighted by Crippen LogP contribution is 2.43. The average molecular weight is 479 g/mol. The fraction of sp³-hybridized carbons (Fsp3) is 0.154. The first-order chi connectivity index (χ1) is 16.4. The Kier molecular flexibility index (Phi) is 5.49. The molecule has 2 aliphatic heterocycles. The molecule has 3 aromatic rings. The van der Waals surface area contributed by atoms with Crippen molar-refractivity contribution in [3.63, 3.8) is 0 Å². The summed E-state index contributed by atoms with van der Waals surface area (Å²) < 4.78 is 19.5. The van der Waals surface area contributed by atoms with Gasteiger partial charge in [-0.2, -0.15) is 0 Å². The van der Waals surface area contributed by atoms with Crippen LogP contribution in [0.4, 0.5) is 15.8 Å². The minimum Gasteiger partial charge on any atom is -0.507 e. The molecule has 3 aromatic carbocycles. The van der Waals surface area contributed by atoms with Crippen LogP contribution < -0.4 is 14.5 Å². The second-order valence-corrected chi connectivity index (χ2v) is 8.54. The molecular formula is C26H20ClFN2O4. The Morgan fingerprint density at radius 2 is 1.85 bits per heavy atom. The number of nitrogens with zero attached hydrogens (tertiary/aromatic N) is 2. The van der Waals surface area contributed by atoms with Gasteiger partial charge in [0.2, 0.25) is 0 Å². The number of hydrogen-bond donors (Lipinski definition) is 1. The molecule has 0 radical (unpaired) electrons. The van der Waals surface area contributed by atoms with E-state index in [1.54, 1.807) is 42.5 Å².